The second-order valence-electron chi connectivity index (χ2n) is 9.69. The molecule has 2 nitrogen and oxygen atoms in total. The lowest BCUT2D eigenvalue weighted by molar-refractivity contribution is -0.0998. The van der Waals surface area contributed by atoms with E-state index in [1.165, 1.54) is 18.4 Å². The third-order valence-corrected chi connectivity index (χ3v) is 7.19. The van der Waals surface area contributed by atoms with E-state index in [0.717, 1.165) is 36.9 Å². The van der Waals surface area contributed by atoms with Crippen molar-refractivity contribution in [2.75, 3.05) is 6.61 Å². The van der Waals surface area contributed by atoms with Crippen LogP contribution in [0.4, 0.5) is 0 Å². The molecular formula is C23H30O2. The summed E-state index contributed by atoms with van der Waals surface area (Å²) < 4.78 is 12.9. The molecule has 25 heavy (non-hydrogen) atoms. The van der Waals surface area contributed by atoms with E-state index in [4.69, 9.17) is 9.47 Å². The molecule has 6 bridgehead atoms. The predicted octanol–water partition coefficient (Wildman–Crippen LogP) is 4.85. The van der Waals surface area contributed by atoms with Gasteiger partial charge >= 0.3 is 0 Å². The van der Waals surface area contributed by atoms with Crippen molar-refractivity contribution in [1.82, 2.24) is 0 Å². The summed E-state index contributed by atoms with van der Waals surface area (Å²) in [4.78, 5) is 0. The number of allylic oxidation sites excluding steroid dienone is 2. The molecular weight excluding hydrogens is 308 g/mol. The minimum absolute atomic E-state index is 0.0437. The van der Waals surface area contributed by atoms with Crippen molar-refractivity contribution in [3.05, 3.63) is 48.0 Å². The molecule has 6 rings (SSSR count). The van der Waals surface area contributed by atoms with Crippen LogP contribution < -0.4 is 0 Å². The van der Waals surface area contributed by atoms with E-state index in [2.05, 4.69) is 63.3 Å². The SMILES string of the molecule is CC(C)(C)O[C@@H]1C2C3C4CC=CC[C@@](COCc5ccccc5)(C32)C41. The van der Waals surface area contributed by atoms with Crippen LogP contribution in [0.15, 0.2) is 42.5 Å². The van der Waals surface area contributed by atoms with Crippen LogP contribution >= 0.6 is 0 Å². The smallest absolute Gasteiger partial charge is 0.0717 e. The van der Waals surface area contributed by atoms with Crippen LogP contribution in [0.1, 0.15) is 39.2 Å². The average molecular weight is 338 g/mol. The highest BCUT2D eigenvalue weighted by molar-refractivity contribution is 5.33. The van der Waals surface area contributed by atoms with Crippen molar-refractivity contribution in [1.29, 1.82) is 0 Å². The fraction of sp³-hybridized carbons (Fsp3) is 0.652. The molecule has 0 N–H and O–H groups in total. The molecule has 134 valence electrons. The highest BCUT2D eigenvalue weighted by atomic mass is 16.5. The Labute approximate surface area is 151 Å². The summed E-state index contributed by atoms with van der Waals surface area (Å²) in [7, 11) is 0. The Morgan fingerprint density at radius 1 is 1.04 bits per heavy atom. The van der Waals surface area contributed by atoms with E-state index in [1.54, 1.807) is 0 Å². The molecule has 0 aliphatic heterocycles. The molecule has 7 atom stereocenters. The van der Waals surface area contributed by atoms with Gasteiger partial charge in [-0.05, 0) is 68.8 Å². The fourth-order valence-electron chi connectivity index (χ4n) is 6.68. The van der Waals surface area contributed by atoms with Crippen LogP contribution in [-0.2, 0) is 16.1 Å². The molecule has 2 heteroatoms. The number of ether oxygens (including phenoxy) is 2. The summed E-state index contributed by atoms with van der Waals surface area (Å²) in [5, 5.41) is 0. The fourth-order valence-corrected chi connectivity index (χ4v) is 6.68. The molecule has 4 saturated carbocycles. The molecule has 5 unspecified atom stereocenters. The van der Waals surface area contributed by atoms with E-state index in [1.807, 2.05) is 0 Å². The van der Waals surface area contributed by atoms with E-state index < -0.39 is 0 Å². The van der Waals surface area contributed by atoms with Gasteiger partial charge in [-0.25, -0.2) is 0 Å². The topological polar surface area (TPSA) is 18.5 Å². The number of hydrogen-bond acceptors (Lipinski definition) is 2. The normalized spacial score (nSPS) is 43.3. The summed E-state index contributed by atoms with van der Waals surface area (Å²) in [6.45, 7) is 8.26. The molecule has 0 radical (unpaired) electrons. The second kappa shape index (κ2) is 5.44. The quantitative estimate of drug-likeness (QED) is 0.715. The molecule has 0 amide bonds. The molecule has 0 aromatic heterocycles. The minimum Gasteiger partial charge on any atom is -0.376 e. The molecule has 0 heterocycles. The molecule has 5 aliphatic rings. The standard InChI is InChI=1S/C23H30O2/c1-22(2,3)25-21-18-17-16-11-7-8-12-23(19(16)21,20(17)18)14-24-13-15-9-5-4-6-10-15/h4-10,16-21H,11-14H2,1-3H3/t16?,17?,18?,19?,20?,21-,23+/m1/s1. The average Bonchev–Trinajstić information content (AvgIpc) is 3.11. The van der Waals surface area contributed by atoms with E-state index in [0.29, 0.717) is 17.4 Å². The Morgan fingerprint density at radius 3 is 2.60 bits per heavy atom. The first-order valence-electron chi connectivity index (χ1n) is 9.96. The van der Waals surface area contributed by atoms with Crippen LogP contribution in [0.3, 0.4) is 0 Å². The maximum atomic E-state index is 6.60. The molecule has 4 fully saturated rings. The zero-order valence-corrected chi connectivity index (χ0v) is 15.7. The highest BCUT2D eigenvalue weighted by Gasteiger charge is 2.83. The van der Waals surface area contributed by atoms with Crippen LogP contribution in [0.5, 0.6) is 0 Å². The van der Waals surface area contributed by atoms with Gasteiger partial charge in [-0.15, -0.1) is 0 Å². The van der Waals surface area contributed by atoms with Crippen molar-refractivity contribution in [3.8, 4) is 0 Å². The maximum absolute atomic E-state index is 6.60. The summed E-state index contributed by atoms with van der Waals surface area (Å²) in [5.74, 6) is 4.08. The lowest BCUT2D eigenvalue weighted by atomic mass is 9.74. The van der Waals surface area contributed by atoms with Crippen LogP contribution in [0, 0.1) is 35.0 Å². The van der Waals surface area contributed by atoms with Gasteiger partial charge in [0.05, 0.1) is 24.9 Å². The molecule has 0 saturated heterocycles. The van der Waals surface area contributed by atoms with Crippen molar-refractivity contribution < 1.29 is 9.47 Å². The van der Waals surface area contributed by atoms with Gasteiger partial charge in [-0.1, -0.05) is 42.5 Å². The van der Waals surface area contributed by atoms with E-state index in [9.17, 15) is 0 Å². The van der Waals surface area contributed by atoms with Crippen LogP contribution in [-0.4, -0.2) is 18.3 Å². The third kappa shape index (κ3) is 2.37. The molecule has 1 aromatic rings. The lowest BCUT2D eigenvalue weighted by Gasteiger charge is -2.37. The highest BCUT2D eigenvalue weighted by Crippen LogP contribution is 2.83. The summed E-state index contributed by atoms with van der Waals surface area (Å²) in [6.07, 6.45) is 7.77. The molecule has 5 aliphatic carbocycles. The van der Waals surface area contributed by atoms with Crippen molar-refractivity contribution in [2.45, 2.75) is 51.9 Å². The summed E-state index contributed by atoms with van der Waals surface area (Å²) in [6, 6.07) is 10.6. The monoisotopic (exact) mass is 338 g/mol. The Hall–Kier alpha value is -1.12. The summed E-state index contributed by atoms with van der Waals surface area (Å²) >= 11 is 0. The first-order valence-corrected chi connectivity index (χ1v) is 9.96. The zero-order valence-electron chi connectivity index (χ0n) is 15.7. The third-order valence-electron chi connectivity index (χ3n) is 7.19. The van der Waals surface area contributed by atoms with Crippen molar-refractivity contribution in [3.63, 3.8) is 0 Å². The Morgan fingerprint density at radius 2 is 1.84 bits per heavy atom. The van der Waals surface area contributed by atoms with Crippen molar-refractivity contribution >= 4 is 0 Å². The van der Waals surface area contributed by atoms with Crippen molar-refractivity contribution in [2.24, 2.45) is 35.0 Å². The van der Waals surface area contributed by atoms with Gasteiger partial charge in [0.15, 0.2) is 0 Å². The lowest BCUT2D eigenvalue weighted by Crippen LogP contribution is -2.39. The van der Waals surface area contributed by atoms with Gasteiger partial charge in [0.25, 0.3) is 0 Å². The van der Waals surface area contributed by atoms with E-state index >= 15 is 0 Å². The number of rotatable bonds is 5. The van der Waals surface area contributed by atoms with Gasteiger partial charge in [0.2, 0.25) is 0 Å². The Bertz CT molecular complexity index is 673. The number of benzene rings is 1. The zero-order chi connectivity index (χ0) is 17.2. The maximum Gasteiger partial charge on any atom is 0.0717 e. The first-order chi connectivity index (χ1) is 12.0. The molecule has 0 spiro atoms. The Balaban J connectivity index is 1.35. The van der Waals surface area contributed by atoms with Gasteiger partial charge in [-0.2, -0.15) is 0 Å². The Kier molecular flexibility index (Phi) is 3.50. The summed E-state index contributed by atoms with van der Waals surface area (Å²) in [5.41, 5.74) is 1.56. The van der Waals surface area contributed by atoms with Gasteiger partial charge < -0.3 is 9.47 Å². The second-order valence-corrected chi connectivity index (χ2v) is 9.69. The predicted molar refractivity (Wildman–Crippen MR) is 99.0 cm³/mol. The van der Waals surface area contributed by atoms with Crippen LogP contribution in [0.25, 0.3) is 0 Å². The molecule has 1 aromatic carbocycles. The minimum atomic E-state index is -0.0437. The van der Waals surface area contributed by atoms with E-state index in [-0.39, 0.29) is 5.60 Å². The number of hydrogen-bond donors (Lipinski definition) is 0. The largest absolute Gasteiger partial charge is 0.376 e. The van der Waals surface area contributed by atoms with Crippen LogP contribution in [0.2, 0.25) is 0 Å². The van der Waals surface area contributed by atoms with Gasteiger partial charge in [0, 0.05) is 5.41 Å². The van der Waals surface area contributed by atoms with Gasteiger partial charge in [0.1, 0.15) is 0 Å². The first kappa shape index (κ1) is 16.1. The van der Waals surface area contributed by atoms with Gasteiger partial charge in [-0.3, -0.25) is 0 Å².